The van der Waals surface area contributed by atoms with Gasteiger partial charge in [-0.05, 0) is 62.6 Å². The van der Waals surface area contributed by atoms with Crippen molar-refractivity contribution in [2.45, 2.75) is 32.6 Å². The number of aromatic nitrogens is 1. The van der Waals surface area contributed by atoms with E-state index in [1.807, 2.05) is 26.0 Å². The maximum absolute atomic E-state index is 12.8. The lowest BCUT2D eigenvalue weighted by Gasteiger charge is -2.13. The molecule has 2 aromatic carbocycles. The molecule has 1 aromatic heterocycles. The van der Waals surface area contributed by atoms with Gasteiger partial charge in [-0.1, -0.05) is 17.7 Å². The number of nitrogens with one attached hydrogen (secondary N) is 2. The molecule has 0 saturated carbocycles. The lowest BCUT2D eigenvalue weighted by molar-refractivity contribution is 0.601. The van der Waals surface area contributed by atoms with Crippen LogP contribution in [-0.4, -0.2) is 13.4 Å². The summed E-state index contributed by atoms with van der Waals surface area (Å²) < 4.78 is 28.3. The van der Waals surface area contributed by atoms with Crippen LogP contribution in [0, 0.1) is 27.7 Å². The summed E-state index contributed by atoms with van der Waals surface area (Å²) in [7, 11) is -3.73. The first-order valence-corrected chi connectivity index (χ1v) is 9.40. The zero-order valence-corrected chi connectivity index (χ0v) is 15.4. The van der Waals surface area contributed by atoms with Gasteiger partial charge in [-0.25, -0.2) is 8.42 Å². The van der Waals surface area contributed by atoms with Gasteiger partial charge in [0, 0.05) is 11.5 Å². The summed E-state index contributed by atoms with van der Waals surface area (Å²) in [5, 5.41) is 0.723. The Morgan fingerprint density at radius 2 is 1.60 bits per heavy atom. The Morgan fingerprint density at radius 3 is 2.28 bits per heavy atom. The smallest absolute Gasteiger partial charge is 0.261 e. The molecule has 0 saturated heterocycles. The average molecular weight is 356 g/mol. The lowest BCUT2D eigenvalue weighted by atomic mass is 10.1. The Kier molecular flexibility index (Phi) is 4.16. The van der Waals surface area contributed by atoms with Crippen LogP contribution in [0.3, 0.4) is 0 Å². The molecule has 2 N–H and O–H groups in total. The molecule has 3 aromatic rings. The Morgan fingerprint density at radius 1 is 0.880 bits per heavy atom. The summed E-state index contributed by atoms with van der Waals surface area (Å²) in [5.74, 6) is 0. The highest BCUT2D eigenvalue weighted by Crippen LogP contribution is 2.26. The second-order valence-electron chi connectivity index (χ2n) is 6.40. The number of benzene rings is 2. The van der Waals surface area contributed by atoms with E-state index < -0.39 is 10.0 Å². The number of aromatic amines is 1. The van der Waals surface area contributed by atoms with Crippen molar-refractivity contribution in [1.82, 2.24) is 4.98 Å². The molecule has 5 nitrogen and oxygen atoms in total. The van der Waals surface area contributed by atoms with E-state index in [0.717, 1.165) is 22.1 Å². The fraction of sp³-hybridized carbons (Fsp3) is 0.211. The third-order valence-corrected chi connectivity index (χ3v) is 5.61. The number of hydrogen-bond donors (Lipinski definition) is 2. The van der Waals surface area contributed by atoms with Crippen molar-refractivity contribution in [3.05, 3.63) is 69.0 Å². The zero-order chi connectivity index (χ0) is 18.4. The van der Waals surface area contributed by atoms with Crippen LogP contribution in [0.5, 0.6) is 0 Å². The molecule has 0 aliphatic carbocycles. The normalized spacial score (nSPS) is 11.7. The summed E-state index contributed by atoms with van der Waals surface area (Å²) >= 11 is 0. The molecule has 6 heteroatoms. The van der Waals surface area contributed by atoms with Crippen molar-refractivity contribution in [2.75, 3.05) is 4.72 Å². The van der Waals surface area contributed by atoms with Gasteiger partial charge < -0.3 is 4.98 Å². The van der Waals surface area contributed by atoms with Crippen molar-refractivity contribution >= 4 is 26.6 Å². The molecular weight excluding hydrogens is 336 g/mol. The third-order valence-electron chi connectivity index (χ3n) is 4.27. The standard InChI is InChI=1S/C19H20N2O3S/c1-11-5-6-17(13(3)7-11)21-25(23,24)15-8-14(4)19-16(10-15)12(2)9-18(22)20-19/h5-10,21H,1-4H3,(H,20,22). The minimum Gasteiger partial charge on any atom is -0.322 e. The number of rotatable bonds is 3. The van der Waals surface area contributed by atoms with Crippen LogP contribution in [-0.2, 0) is 10.0 Å². The van der Waals surface area contributed by atoms with Crippen molar-refractivity contribution in [1.29, 1.82) is 0 Å². The maximum Gasteiger partial charge on any atom is 0.261 e. The fourth-order valence-electron chi connectivity index (χ4n) is 2.95. The van der Waals surface area contributed by atoms with Gasteiger partial charge in [0.05, 0.1) is 16.1 Å². The highest BCUT2D eigenvalue weighted by molar-refractivity contribution is 7.92. The lowest BCUT2D eigenvalue weighted by Crippen LogP contribution is -2.15. The summed E-state index contributed by atoms with van der Waals surface area (Å²) in [4.78, 5) is 14.6. The second-order valence-corrected chi connectivity index (χ2v) is 8.09. The molecule has 0 radical (unpaired) electrons. The van der Waals surface area contributed by atoms with E-state index >= 15 is 0 Å². The van der Waals surface area contributed by atoms with Crippen LogP contribution in [0.2, 0.25) is 0 Å². The quantitative estimate of drug-likeness (QED) is 0.753. The van der Waals surface area contributed by atoms with Crippen LogP contribution in [0.4, 0.5) is 5.69 Å². The van der Waals surface area contributed by atoms with Crippen LogP contribution >= 0.6 is 0 Å². The first-order chi connectivity index (χ1) is 11.7. The Hall–Kier alpha value is -2.60. The molecule has 0 aliphatic heterocycles. The van der Waals surface area contributed by atoms with Crippen LogP contribution in [0.1, 0.15) is 22.3 Å². The van der Waals surface area contributed by atoms with Gasteiger partial charge in [-0.15, -0.1) is 0 Å². The molecule has 25 heavy (non-hydrogen) atoms. The van der Waals surface area contributed by atoms with Gasteiger partial charge in [0.1, 0.15) is 0 Å². The summed E-state index contributed by atoms with van der Waals surface area (Å²) in [6, 6.07) is 10.2. The van der Waals surface area contributed by atoms with E-state index in [0.29, 0.717) is 16.8 Å². The molecule has 0 amide bonds. The molecular formula is C19H20N2O3S. The number of H-pyrrole nitrogens is 1. The van der Waals surface area contributed by atoms with Crippen molar-refractivity contribution in [2.24, 2.45) is 0 Å². The first kappa shape index (κ1) is 17.2. The summed E-state index contributed by atoms with van der Waals surface area (Å²) in [6.45, 7) is 7.41. The second kappa shape index (κ2) is 6.04. The molecule has 0 fully saturated rings. The molecule has 0 aliphatic rings. The highest BCUT2D eigenvalue weighted by atomic mass is 32.2. The van der Waals surface area contributed by atoms with Gasteiger partial charge in [0.15, 0.2) is 0 Å². The molecule has 3 rings (SSSR count). The minimum atomic E-state index is -3.73. The Balaban J connectivity index is 2.13. The van der Waals surface area contributed by atoms with Crippen LogP contribution < -0.4 is 10.3 Å². The number of fused-ring (bicyclic) bond motifs is 1. The molecule has 130 valence electrons. The predicted octanol–water partition coefficient (Wildman–Crippen LogP) is 3.56. The van der Waals surface area contributed by atoms with Crippen LogP contribution in [0.15, 0.2) is 46.1 Å². The van der Waals surface area contributed by atoms with Gasteiger partial charge in [-0.2, -0.15) is 0 Å². The molecule has 0 unspecified atom stereocenters. The van der Waals surface area contributed by atoms with Gasteiger partial charge in [0.2, 0.25) is 5.56 Å². The number of hydrogen-bond acceptors (Lipinski definition) is 3. The number of aryl methyl sites for hydroxylation is 4. The third kappa shape index (κ3) is 3.30. The monoisotopic (exact) mass is 356 g/mol. The first-order valence-electron chi connectivity index (χ1n) is 7.92. The topological polar surface area (TPSA) is 79.0 Å². The van der Waals surface area contributed by atoms with Gasteiger partial charge in [0.25, 0.3) is 10.0 Å². The Labute approximate surface area is 146 Å². The van der Waals surface area contributed by atoms with Crippen LogP contribution in [0.25, 0.3) is 10.9 Å². The van der Waals surface area contributed by atoms with Crippen molar-refractivity contribution in [3.8, 4) is 0 Å². The fourth-order valence-corrected chi connectivity index (χ4v) is 4.19. The Bertz CT molecular complexity index is 1150. The molecule has 1 heterocycles. The molecule has 0 atom stereocenters. The SMILES string of the molecule is Cc1ccc(NS(=O)(=O)c2cc(C)c3[nH]c(=O)cc(C)c3c2)c(C)c1. The number of sulfonamides is 1. The largest absolute Gasteiger partial charge is 0.322 e. The van der Waals surface area contributed by atoms with E-state index in [1.54, 1.807) is 32.0 Å². The van der Waals surface area contributed by atoms with Crippen molar-refractivity contribution in [3.63, 3.8) is 0 Å². The van der Waals surface area contributed by atoms with Gasteiger partial charge >= 0.3 is 0 Å². The van der Waals surface area contributed by atoms with E-state index in [1.165, 1.54) is 6.07 Å². The summed E-state index contributed by atoms with van der Waals surface area (Å²) in [5.41, 5.74) is 4.40. The van der Waals surface area contributed by atoms with E-state index in [9.17, 15) is 13.2 Å². The average Bonchev–Trinajstić information content (AvgIpc) is 2.51. The van der Waals surface area contributed by atoms with E-state index in [4.69, 9.17) is 0 Å². The minimum absolute atomic E-state index is 0.174. The van der Waals surface area contributed by atoms with Crippen molar-refractivity contribution < 1.29 is 8.42 Å². The number of anilines is 1. The highest BCUT2D eigenvalue weighted by Gasteiger charge is 2.18. The molecule has 0 spiro atoms. The molecule has 0 bridgehead atoms. The van der Waals surface area contributed by atoms with E-state index in [2.05, 4.69) is 9.71 Å². The van der Waals surface area contributed by atoms with E-state index in [-0.39, 0.29) is 10.5 Å². The zero-order valence-electron chi connectivity index (χ0n) is 14.6. The summed E-state index contributed by atoms with van der Waals surface area (Å²) in [6.07, 6.45) is 0. The maximum atomic E-state index is 12.8. The van der Waals surface area contributed by atoms with Gasteiger partial charge in [-0.3, -0.25) is 9.52 Å². The predicted molar refractivity (Wildman–Crippen MR) is 101 cm³/mol. The number of pyridine rings is 1.